The largest absolute Gasteiger partial charge is 0.362 e. The van der Waals surface area contributed by atoms with Crippen molar-refractivity contribution in [2.24, 2.45) is 10.8 Å². The first kappa shape index (κ1) is 24.5. The van der Waals surface area contributed by atoms with Crippen molar-refractivity contribution < 1.29 is 0 Å². The van der Waals surface area contributed by atoms with Crippen LogP contribution in [0.25, 0.3) is 0 Å². The van der Waals surface area contributed by atoms with Crippen LogP contribution in [-0.4, -0.2) is 22.8 Å². The fraction of sp³-hybridized carbons (Fsp3) is 0.462. The van der Waals surface area contributed by atoms with Gasteiger partial charge in [0.1, 0.15) is 0 Å². The second-order valence-corrected chi connectivity index (χ2v) is 11.2. The molecule has 32 heavy (non-hydrogen) atoms. The van der Waals surface area contributed by atoms with Crippen LogP contribution in [-0.2, 0) is 0 Å². The highest BCUT2D eigenvalue weighted by atomic mass is 32.1. The number of anilines is 2. The summed E-state index contributed by atoms with van der Waals surface area (Å²) < 4.78 is 0. The molecular weight excluding hydrogens is 432 g/mol. The van der Waals surface area contributed by atoms with Gasteiger partial charge in [0.2, 0.25) is 0 Å². The van der Waals surface area contributed by atoms with Crippen molar-refractivity contribution in [3.05, 3.63) is 59.7 Å². The molecule has 0 amide bonds. The summed E-state index contributed by atoms with van der Waals surface area (Å²) in [7, 11) is 0. The third-order valence-corrected chi connectivity index (χ3v) is 6.47. The summed E-state index contributed by atoms with van der Waals surface area (Å²) in [5.41, 5.74) is 4.79. The van der Waals surface area contributed by atoms with E-state index in [1.807, 2.05) is 24.3 Å². The quantitative estimate of drug-likeness (QED) is 0.394. The Balaban J connectivity index is 1.57. The van der Waals surface area contributed by atoms with Gasteiger partial charge in [0.05, 0.1) is 0 Å². The minimum Gasteiger partial charge on any atom is -0.362 e. The molecule has 1 saturated carbocycles. The van der Waals surface area contributed by atoms with Crippen molar-refractivity contribution in [1.29, 1.82) is 0 Å². The predicted octanol–water partition coefficient (Wildman–Crippen LogP) is 6.16. The Morgan fingerprint density at radius 3 is 2.00 bits per heavy atom. The molecule has 6 heteroatoms. The Morgan fingerprint density at radius 2 is 1.44 bits per heavy atom. The lowest BCUT2D eigenvalue weighted by atomic mass is 9.62. The number of nitrogens with one attached hydrogen (secondary N) is 4. The fourth-order valence-electron chi connectivity index (χ4n) is 5.14. The molecule has 3 rings (SSSR count). The second kappa shape index (κ2) is 10.2. The monoisotopic (exact) mass is 468 g/mol. The van der Waals surface area contributed by atoms with Crippen molar-refractivity contribution in [2.75, 3.05) is 17.2 Å². The molecule has 0 heterocycles. The maximum atomic E-state index is 5.63. The Morgan fingerprint density at radius 1 is 0.875 bits per heavy atom. The van der Waals surface area contributed by atoms with Gasteiger partial charge in [-0.2, -0.15) is 0 Å². The van der Waals surface area contributed by atoms with Crippen molar-refractivity contribution in [3.63, 3.8) is 0 Å². The average Bonchev–Trinajstić information content (AvgIpc) is 2.65. The Labute approximate surface area is 204 Å². The minimum atomic E-state index is 0.108. The molecule has 0 aromatic heterocycles. The zero-order valence-corrected chi connectivity index (χ0v) is 21.5. The van der Waals surface area contributed by atoms with Crippen LogP contribution < -0.4 is 21.3 Å². The number of aryl methyl sites for hydroxylation is 2. The van der Waals surface area contributed by atoms with Crippen LogP contribution in [0.2, 0.25) is 0 Å². The molecule has 4 nitrogen and oxygen atoms in total. The molecular formula is C26H36N4S2. The van der Waals surface area contributed by atoms with E-state index in [1.165, 1.54) is 11.1 Å². The molecule has 0 saturated heterocycles. The van der Waals surface area contributed by atoms with Crippen molar-refractivity contribution >= 4 is 46.0 Å². The molecule has 172 valence electrons. The van der Waals surface area contributed by atoms with E-state index in [9.17, 15) is 0 Å². The van der Waals surface area contributed by atoms with Gasteiger partial charge < -0.3 is 21.3 Å². The smallest absolute Gasteiger partial charge is 0.170 e. The molecule has 2 aromatic carbocycles. The van der Waals surface area contributed by atoms with E-state index in [0.717, 1.165) is 37.2 Å². The van der Waals surface area contributed by atoms with Gasteiger partial charge in [0.25, 0.3) is 0 Å². The van der Waals surface area contributed by atoms with Gasteiger partial charge >= 0.3 is 0 Å². The van der Waals surface area contributed by atoms with Crippen LogP contribution in [0, 0.1) is 24.7 Å². The highest BCUT2D eigenvalue weighted by Crippen LogP contribution is 2.45. The SMILES string of the molecule is Cc1cccc(NC(=S)NC[C@]2(C)C[C@@H](NC(=S)Nc3cccc(C)c3)CC(C)(C)C2)c1. The lowest BCUT2D eigenvalue weighted by molar-refractivity contribution is 0.0807. The van der Waals surface area contributed by atoms with Crippen LogP contribution in [0.5, 0.6) is 0 Å². The zero-order chi connectivity index (χ0) is 23.4. The fourth-order valence-corrected chi connectivity index (χ4v) is 5.61. The molecule has 4 N–H and O–H groups in total. The summed E-state index contributed by atoms with van der Waals surface area (Å²) in [6.07, 6.45) is 3.26. The summed E-state index contributed by atoms with van der Waals surface area (Å²) in [4.78, 5) is 0. The Bertz CT molecular complexity index is 972. The highest BCUT2D eigenvalue weighted by Gasteiger charge is 2.41. The van der Waals surface area contributed by atoms with Crippen LogP contribution in [0.4, 0.5) is 11.4 Å². The van der Waals surface area contributed by atoms with E-state index in [4.69, 9.17) is 24.4 Å². The summed E-state index contributed by atoms with van der Waals surface area (Å²) in [6.45, 7) is 12.0. The van der Waals surface area contributed by atoms with Gasteiger partial charge in [-0.3, -0.25) is 0 Å². The summed E-state index contributed by atoms with van der Waals surface area (Å²) in [6, 6.07) is 16.8. The first-order chi connectivity index (χ1) is 15.0. The molecule has 0 unspecified atom stereocenters. The van der Waals surface area contributed by atoms with Gasteiger partial charge in [0.15, 0.2) is 10.2 Å². The van der Waals surface area contributed by atoms with Crippen molar-refractivity contribution in [2.45, 2.75) is 59.9 Å². The van der Waals surface area contributed by atoms with Gasteiger partial charge in [-0.15, -0.1) is 0 Å². The van der Waals surface area contributed by atoms with Crippen LogP contribution in [0.15, 0.2) is 48.5 Å². The molecule has 2 aromatic rings. The highest BCUT2D eigenvalue weighted by molar-refractivity contribution is 7.80. The molecule has 0 radical (unpaired) electrons. The molecule has 0 aliphatic heterocycles. The number of rotatable bonds is 5. The third-order valence-electron chi connectivity index (χ3n) is 6.01. The molecule has 1 aliphatic rings. The van der Waals surface area contributed by atoms with Crippen molar-refractivity contribution in [3.8, 4) is 0 Å². The number of hydrogen-bond acceptors (Lipinski definition) is 2. The molecule has 1 aliphatic carbocycles. The first-order valence-corrected chi connectivity index (χ1v) is 12.1. The topological polar surface area (TPSA) is 48.1 Å². The Hall–Kier alpha value is -2.18. The van der Waals surface area contributed by atoms with Crippen LogP contribution >= 0.6 is 24.4 Å². The Kier molecular flexibility index (Phi) is 7.78. The third kappa shape index (κ3) is 7.45. The first-order valence-electron chi connectivity index (χ1n) is 11.3. The van der Waals surface area contributed by atoms with E-state index in [0.29, 0.717) is 16.3 Å². The van der Waals surface area contributed by atoms with Crippen molar-refractivity contribution in [1.82, 2.24) is 10.6 Å². The second-order valence-electron chi connectivity index (χ2n) is 10.4. The normalized spacial score (nSPS) is 22.0. The van der Waals surface area contributed by atoms with Gasteiger partial charge in [-0.1, -0.05) is 45.0 Å². The minimum absolute atomic E-state index is 0.108. The standard InChI is InChI=1S/C26H36N4S2/c1-18-8-6-10-20(12-18)28-23(31)27-17-26(5)15-22(14-25(3,4)16-26)30-24(32)29-21-11-7-9-19(2)13-21/h6-13,22H,14-17H2,1-5H3,(H2,27,28,31)(H2,29,30,32)/t22-,26+/m0/s1. The van der Waals surface area contributed by atoms with Gasteiger partial charge in [0, 0.05) is 24.0 Å². The summed E-state index contributed by atoms with van der Waals surface area (Å²) >= 11 is 11.2. The number of thiocarbonyl (C=S) groups is 2. The summed E-state index contributed by atoms with van der Waals surface area (Å²) in [5, 5.41) is 15.0. The van der Waals surface area contributed by atoms with E-state index >= 15 is 0 Å². The number of benzene rings is 2. The van der Waals surface area contributed by atoms with Crippen LogP contribution in [0.1, 0.15) is 51.2 Å². The molecule has 0 spiro atoms. The lowest BCUT2D eigenvalue weighted by Gasteiger charge is -2.47. The zero-order valence-electron chi connectivity index (χ0n) is 19.8. The predicted molar refractivity (Wildman–Crippen MR) is 145 cm³/mol. The van der Waals surface area contributed by atoms with Gasteiger partial charge in [-0.25, -0.2) is 0 Å². The van der Waals surface area contributed by atoms with E-state index in [1.54, 1.807) is 0 Å². The number of hydrogen-bond donors (Lipinski definition) is 4. The molecule has 0 bridgehead atoms. The molecule has 1 fully saturated rings. The lowest BCUT2D eigenvalue weighted by Crippen LogP contribution is -2.51. The van der Waals surface area contributed by atoms with E-state index in [-0.39, 0.29) is 10.8 Å². The van der Waals surface area contributed by atoms with E-state index in [2.05, 4.69) is 80.2 Å². The van der Waals surface area contributed by atoms with Gasteiger partial charge in [-0.05, 0) is 104 Å². The maximum Gasteiger partial charge on any atom is 0.170 e. The average molecular weight is 469 g/mol. The summed E-state index contributed by atoms with van der Waals surface area (Å²) in [5.74, 6) is 0. The maximum absolute atomic E-state index is 5.63. The molecule has 2 atom stereocenters. The van der Waals surface area contributed by atoms with Crippen LogP contribution in [0.3, 0.4) is 0 Å². The van der Waals surface area contributed by atoms with E-state index < -0.39 is 0 Å².